The number of likely N-dealkylation sites (tertiary alicyclic amines) is 1. The Balaban J connectivity index is 2.12. The van der Waals surface area contributed by atoms with Gasteiger partial charge in [0.05, 0.1) is 10.6 Å². The van der Waals surface area contributed by atoms with Crippen molar-refractivity contribution in [1.82, 2.24) is 4.90 Å². The lowest BCUT2D eigenvalue weighted by Gasteiger charge is -2.23. The van der Waals surface area contributed by atoms with E-state index in [1.165, 1.54) is 31.1 Å². The van der Waals surface area contributed by atoms with Crippen LogP contribution >= 0.6 is 11.3 Å². The van der Waals surface area contributed by atoms with E-state index in [9.17, 15) is 10.1 Å². The number of nitrogen functional groups attached to an aromatic ring is 1. The molecule has 1 aromatic heterocycles. The number of hydrogen-bond acceptors (Lipinski definition) is 6. The van der Waals surface area contributed by atoms with E-state index in [0.29, 0.717) is 22.2 Å². The zero-order valence-electron chi connectivity index (χ0n) is 11.9. The van der Waals surface area contributed by atoms with Gasteiger partial charge in [0.25, 0.3) is 0 Å². The van der Waals surface area contributed by atoms with Crippen LogP contribution in [0, 0.1) is 11.3 Å². The lowest BCUT2D eigenvalue weighted by molar-refractivity contribution is 0.102. The van der Waals surface area contributed by atoms with E-state index < -0.39 is 0 Å². The fourth-order valence-electron chi connectivity index (χ4n) is 2.69. The number of carbonyl (C=O) groups is 1. The molecule has 1 saturated heterocycles. The Kier molecular flexibility index (Phi) is 4.63. The number of thiophene rings is 1. The van der Waals surface area contributed by atoms with Crippen LogP contribution in [-0.2, 0) is 0 Å². The van der Waals surface area contributed by atoms with Crippen LogP contribution in [-0.4, -0.2) is 36.4 Å². The molecule has 2 rings (SSSR count). The molecular formula is C14H20N4OS. The number of nitrogens with zero attached hydrogens (tertiary/aromatic N) is 2. The van der Waals surface area contributed by atoms with Crippen LogP contribution < -0.4 is 11.1 Å². The molecule has 5 nitrogen and oxygen atoms in total. The molecule has 0 saturated carbocycles. The maximum Gasteiger partial charge on any atom is 0.171 e. The minimum atomic E-state index is -0.0897. The van der Waals surface area contributed by atoms with Crippen molar-refractivity contribution in [2.24, 2.45) is 0 Å². The van der Waals surface area contributed by atoms with Crippen LogP contribution in [0.15, 0.2) is 0 Å². The van der Waals surface area contributed by atoms with Gasteiger partial charge in [-0.15, -0.1) is 11.3 Å². The number of carbonyl (C=O) groups excluding carboxylic acids is 1. The highest BCUT2D eigenvalue weighted by Crippen LogP contribution is 2.35. The Bertz CT molecular complexity index is 546. The average molecular weight is 292 g/mol. The molecule has 20 heavy (non-hydrogen) atoms. The molecule has 0 bridgehead atoms. The number of Topliss-reactive ketones (excluding diaryl/α,β-unsaturated/α-hetero) is 1. The summed E-state index contributed by atoms with van der Waals surface area (Å²) in [6.07, 6.45) is 2.39. The molecule has 0 radical (unpaired) electrons. The van der Waals surface area contributed by atoms with Crippen molar-refractivity contribution in [3.8, 4) is 6.07 Å². The molecular weight excluding hydrogens is 272 g/mol. The lowest BCUT2D eigenvalue weighted by atomic mass is 10.2. The van der Waals surface area contributed by atoms with Gasteiger partial charge in [-0.3, -0.25) is 9.69 Å². The molecule has 1 aromatic rings. The number of ketones is 1. The highest BCUT2D eigenvalue weighted by atomic mass is 32.1. The van der Waals surface area contributed by atoms with Gasteiger partial charge in [-0.25, -0.2) is 0 Å². The zero-order valence-corrected chi connectivity index (χ0v) is 12.7. The van der Waals surface area contributed by atoms with Gasteiger partial charge in [-0.05, 0) is 25.9 Å². The van der Waals surface area contributed by atoms with Crippen LogP contribution in [0.25, 0.3) is 0 Å². The first-order valence-electron chi connectivity index (χ1n) is 6.89. The molecule has 0 aromatic carbocycles. The lowest BCUT2D eigenvalue weighted by Crippen LogP contribution is -2.34. The van der Waals surface area contributed by atoms with Gasteiger partial charge in [0.1, 0.15) is 16.6 Å². The maximum absolute atomic E-state index is 11.5. The number of likely N-dealkylation sites (N-methyl/N-ethyl adjacent to an activating group) is 1. The predicted molar refractivity (Wildman–Crippen MR) is 82.2 cm³/mol. The molecule has 3 N–H and O–H groups in total. The highest BCUT2D eigenvalue weighted by molar-refractivity contribution is 7.18. The first-order valence-corrected chi connectivity index (χ1v) is 7.71. The van der Waals surface area contributed by atoms with Gasteiger partial charge in [-0.2, -0.15) is 5.26 Å². The number of hydrogen-bond donors (Lipinski definition) is 2. The van der Waals surface area contributed by atoms with Crippen LogP contribution in [0.2, 0.25) is 0 Å². The van der Waals surface area contributed by atoms with Gasteiger partial charge in [-0.1, -0.05) is 6.92 Å². The third-order valence-electron chi connectivity index (χ3n) is 3.78. The van der Waals surface area contributed by atoms with E-state index in [1.807, 2.05) is 0 Å². The Morgan fingerprint density at radius 3 is 3.00 bits per heavy atom. The second-order valence-corrected chi connectivity index (χ2v) is 6.04. The molecule has 1 unspecified atom stereocenters. The molecule has 1 aliphatic heterocycles. The summed E-state index contributed by atoms with van der Waals surface area (Å²) >= 11 is 1.28. The predicted octanol–water partition coefficient (Wildman–Crippen LogP) is 2.30. The Hall–Kier alpha value is -1.58. The van der Waals surface area contributed by atoms with E-state index in [0.717, 1.165) is 24.6 Å². The first kappa shape index (κ1) is 14.8. The normalized spacial score (nSPS) is 18.9. The van der Waals surface area contributed by atoms with Gasteiger partial charge in [0.15, 0.2) is 5.78 Å². The van der Waals surface area contributed by atoms with Crippen molar-refractivity contribution < 1.29 is 4.79 Å². The van der Waals surface area contributed by atoms with E-state index in [4.69, 9.17) is 5.73 Å². The fraction of sp³-hybridized carbons (Fsp3) is 0.571. The second-order valence-electron chi connectivity index (χ2n) is 5.02. The highest BCUT2D eigenvalue weighted by Gasteiger charge is 2.24. The summed E-state index contributed by atoms with van der Waals surface area (Å²) in [6, 6.07) is 2.59. The summed E-state index contributed by atoms with van der Waals surface area (Å²) in [4.78, 5) is 14.4. The topological polar surface area (TPSA) is 82.2 Å². The number of rotatable bonds is 5. The van der Waals surface area contributed by atoms with E-state index in [-0.39, 0.29) is 5.78 Å². The third-order valence-corrected chi connectivity index (χ3v) is 5.04. The number of nitriles is 1. The standard InChI is InChI=1S/C14H20N4OS/c1-3-18-6-4-5-10(18)8-17-14-11(7-15)12(16)13(20-14)9(2)19/h10,17H,3-6,8,16H2,1-2H3. The Morgan fingerprint density at radius 2 is 2.40 bits per heavy atom. The number of anilines is 2. The molecule has 0 aliphatic carbocycles. The van der Waals surface area contributed by atoms with Gasteiger partial charge in [0, 0.05) is 19.5 Å². The van der Waals surface area contributed by atoms with Crippen LogP contribution in [0.3, 0.4) is 0 Å². The molecule has 0 spiro atoms. The molecule has 1 aliphatic rings. The largest absolute Gasteiger partial charge is 0.396 e. The van der Waals surface area contributed by atoms with Crippen molar-refractivity contribution >= 4 is 27.8 Å². The summed E-state index contributed by atoms with van der Waals surface area (Å²) in [5.41, 5.74) is 6.58. The number of nitrogens with one attached hydrogen (secondary N) is 1. The summed E-state index contributed by atoms with van der Waals surface area (Å²) in [5.74, 6) is -0.0897. The Labute approximate surface area is 123 Å². The first-order chi connectivity index (χ1) is 9.58. The minimum Gasteiger partial charge on any atom is -0.396 e. The van der Waals surface area contributed by atoms with Gasteiger partial charge < -0.3 is 11.1 Å². The average Bonchev–Trinajstić information content (AvgIpc) is 2.99. The van der Waals surface area contributed by atoms with Crippen molar-refractivity contribution in [2.75, 3.05) is 30.7 Å². The number of nitrogens with two attached hydrogens (primary N) is 1. The fourth-order valence-corrected chi connectivity index (χ4v) is 3.67. The third kappa shape index (κ3) is 2.79. The van der Waals surface area contributed by atoms with Crippen LogP contribution in [0.4, 0.5) is 10.7 Å². The van der Waals surface area contributed by atoms with E-state index >= 15 is 0 Å². The maximum atomic E-state index is 11.5. The zero-order chi connectivity index (χ0) is 14.7. The van der Waals surface area contributed by atoms with Crippen LogP contribution in [0.5, 0.6) is 0 Å². The van der Waals surface area contributed by atoms with Crippen molar-refractivity contribution in [3.63, 3.8) is 0 Å². The van der Waals surface area contributed by atoms with Crippen molar-refractivity contribution in [3.05, 3.63) is 10.4 Å². The smallest absolute Gasteiger partial charge is 0.171 e. The molecule has 108 valence electrons. The second kappa shape index (κ2) is 6.25. The van der Waals surface area contributed by atoms with Gasteiger partial charge in [0.2, 0.25) is 0 Å². The van der Waals surface area contributed by atoms with E-state index in [1.54, 1.807) is 0 Å². The van der Waals surface area contributed by atoms with Crippen LogP contribution in [0.1, 0.15) is 41.9 Å². The molecule has 2 heterocycles. The minimum absolute atomic E-state index is 0.0897. The molecule has 0 amide bonds. The molecule has 1 atom stereocenters. The van der Waals surface area contributed by atoms with Crippen molar-refractivity contribution in [1.29, 1.82) is 5.26 Å². The quantitative estimate of drug-likeness (QED) is 0.814. The van der Waals surface area contributed by atoms with Crippen molar-refractivity contribution in [2.45, 2.75) is 32.7 Å². The SMILES string of the molecule is CCN1CCCC1CNc1sc(C(C)=O)c(N)c1C#N. The monoisotopic (exact) mass is 292 g/mol. The Morgan fingerprint density at radius 1 is 1.65 bits per heavy atom. The summed E-state index contributed by atoms with van der Waals surface area (Å²) in [6.45, 7) is 6.61. The summed E-state index contributed by atoms with van der Waals surface area (Å²) in [7, 11) is 0. The molecule has 6 heteroatoms. The molecule has 1 fully saturated rings. The van der Waals surface area contributed by atoms with Gasteiger partial charge >= 0.3 is 0 Å². The summed E-state index contributed by atoms with van der Waals surface area (Å²) < 4.78 is 0. The summed E-state index contributed by atoms with van der Waals surface area (Å²) in [5, 5.41) is 13.2. The van der Waals surface area contributed by atoms with E-state index in [2.05, 4.69) is 23.2 Å².